The Hall–Kier alpha value is -0.950. The molecule has 2 N–H and O–H groups in total. The van der Waals surface area contributed by atoms with Crippen LogP contribution in [0.15, 0.2) is 29.2 Å². The fourth-order valence-corrected chi connectivity index (χ4v) is 4.30. The molecule has 3 rings (SSSR count). The highest BCUT2D eigenvalue weighted by Crippen LogP contribution is 2.35. The molecule has 2 bridgehead atoms. The van der Waals surface area contributed by atoms with E-state index in [1.54, 1.807) is 12.1 Å². The van der Waals surface area contributed by atoms with Crippen LogP contribution in [0.1, 0.15) is 24.8 Å². The topological polar surface area (TPSA) is 67.4 Å². The number of hydrogen-bond acceptors (Lipinski definition) is 4. The molecule has 5 nitrogen and oxygen atoms in total. The van der Waals surface area contributed by atoms with E-state index in [9.17, 15) is 8.42 Å². The SMILES string of the molecule is CNCc1ccc(S(=O)(=O)NC2CC3CCC2O3)cc1. The highest BCUT2D eigenvalue weighted by Gasteiger charge is 2.42. The third kappa shape index (κ3) is 2.74. The summed E-state index contributed by atoms with van der Waals surface area (Å²) >= 11 is 0. The Morgan fingerprint density at radius 2 is 2.00 bits per heavy atom. The molecule has 110 valence electrons. The molecule has 2 fully saturated rings. The maximum absolute atomic E-state index is 12.4. The molecule has 3 unspecified atom stereocenters. The summed E-state index contributed by atoms with van der Waals surface area (Å²) in [5.41, 5.74) is 1.06. The quantitative estimate of drug-likeness (QED) is 0.851. The molecule has 2 aliphatic heterocycles. The molecule has 1 aromatic carbocycles. The molecular formula is C14H20N2O3S. The van der Waals surface area contributed by atoms with Gasteiger partial charge in [0.2, 0.25) is 10.0 Å². The van der Waals surface area contributed by atoms with Crippen molar-refractivity contribution >= 4 is 10.0 Å². The molecule has 20 heavy (non-hydrogen) atoms. The zero-order valence-corrected chi connectivity index (χ0v) is 12.3. The Balaban J connectivity index is 1.71. The number of hydrogen-bond donors (Lipinski definition) is 2. The normalized spacial score (nSPS) is 28.9. The van der Waals surface area contributed by atoms with Crippen molar-refractivity contribution in [1.29, 1.82) is 0 Å². The molecule has 2 saturated heterocycles. The minimum atomic E-state index is -3.45. The first-order valence-electron chi connectivity index (χ1n) is 7.00. The van der Waals surface area contributed by atoms with E-state index in [-0.39, 0.29) is 18.2 Å². The summed E-state index contributed by atoms with van der Waals surface area (Å²) in [6, 6.07) is 6.91. The van der Waals surface area contributed by atoms with Gasteiger partial charge in [0.1, 0.15) is 0 Å². The Kier molecular flexibility index (Phi) is 3.81. The van der Waals surface area contributed by atoms with Gasteiger partial charge >= 0.3 is 0 Å². The average molecular weight is 296 g/mol. The van der Waals surface area contributed by atoms with Crippen LogP contribution >= 0.6 is 0 Å². The van der Waals surface area contributed by atoms with E-state index in [4.69, 9.17) is 4.74 Å². The minimum absolute atomic E-state index is 0.0540. The Labute approximate surface area is 119 Å². The number of ether oxygens (including phenoxy) is 1. The zero-order valence-electron chi connectivity index (χ0n) is 11.5. The summed E-state index contributed by atoms with van der Waals surface area (Å²) in [7, 11) is -1.59. The lowest BCUT2D eigenvalue weighted by atomic mass is 9.96. The summed E-state index contributed by atoms with van der Waals surface area (Å²) < 4.78 is 33.2. The van der Waals surface area contributed by atoms with Crippen LogP contribution in [-0.2, 0) is 21.3 Å². The molecule has 0 aromatic heterocycles. The highest BCUT2D eigenvalue weighted by molar-refractivity contribution is 7.89. The van der Waals surface area contributed by atoms with Crippen LogP contribution in [0.5, 0.6) is 0 Å². The first-order chi connectivity index (χ1) is 9.58. The molecule has 0 amide bonds. The lowest BCUT2D eigenvalue weighted by molar-refractivity contribution is 0.0996. The van der Waals surface area contributed by atoms with Crippen LogP contribution in [0, 0.1) is 0 Å². The van der Waals surface area contributed by atoms with E-state index >= 15 is 0 Å². The number of benzene rings is 1. The third-order valence-corrected chi connectivity index (χ3v) is 5.53. The Morgan fingerprint density at radius 3 is 2.55 bits per heavy atom. The van der Waals surface area contributed by atoms with Crippen molar-refractivity contribution in [3.05, 3.63) is 29.8 Å². The number of nitrogens with one attached hydrogen (secondary N) is 2. The average Bonchev–Trinajstić information content (AvgIpc) is 3.01. The van der Waals surface area contributed by atoms with Gasteiger partial charge in [0, 0.05) is 6.54 Å². The maximum Gasteiger partial charge on any atom is 0.240 e. The van der Waals surface area contributed by atoms with Crippen LogP contribution in [0.2, 0.25) is 0 Å². The number of fused-ring (bicyclic) bond motifs is 2. The van der Waals surface area contributed by atoms with Gasteiger partial charge in [0.25, 0.3) is 0 Å². The van der Waals surface area contributed by atoms with Gasteiger partial charge in [-0.25, -0.2) is 13.1 Å². The first-order valence-corrected chi connectivity index (χ1v) is 8.48. The highest BCUT2D eigenvalue weighted by atomic mass is 32.2. The van der Waals surface area contributed by atoms with Crippen LogP contribution in [0.25, 0.3) is 0 Å². The molecule has 0 radical (unpaired) electrons. The predicted molar refractivity (Wildman–Crippen MR) is 75.8 cm³/mol. The Bertz CT molecular complexity index is 571. The van der Waals surface area contributed by atoms with Crippen molar-refractivity contribution in [2.24, 2.45) is 0 Å². The third-order valence-electron chi connectivity index (χ3n) is 4.03. The molecule has 0 saturated carbocycles. The molecule has 1 aromatic rings. The lowest BCUT2D eigenvalue weighted by Crippen LogP contribution is -2.41. The lowest BCUT2D eigenvalue weighted by Gasteiger charge is -2.20. The van der Waals surface area contributed by atoms with E-state index in [1.807, 2.05) is 19.2 Å². The fraction of sp³-hybridized carbons (Fsp3) is 0.571. The fourth-order valence-electron chi connectivity index (χ4n) is 3.02. The predicted octanol–water partition coefficient (Wildman–Crippen LogP) is 1.00. The van der Waals surface area contributed by atoms with Gasteiger partial charge in [-0.2, -0.15) is 0 Å². The molecule has 0 spiro atoms. The number of sulfonamides is 1. The van der Waals surface area contributed by atoms with E-state index in [2.05, 4.69) is 10.0 Å². The van der Waals surface area contributed by atoms with Crippen molar-refractivity contribution in [1.82, 2.24) is 10.0 Å². The molecule has 2 heterocycles. The van der Waals surface area contributed by atoms with Crippen molar-refractivity contribution in [2.75, 3.05) is 7.05 Å². The van der Waals surface area contributed by atoms with Gasteiger partial charge < -0.3 is 10.1 Å². The second-order valence-electron chi connectivity index (χ2n) is 5.51. The van der Waals surface area contributed by atoms with Gasteiger partial charge in [-0.1, -0.05) is 12.1 Å². The summed E-state index contributed by atoms with van der Waals surface area (Å²) in [5.74, 6) is 0. The molecule has 6 heteroatoms. The molecular weight excluding hydrogens is 276 g/mol. The van der Waals surface area contributed by atoms with Gasteiger partial charge in [0.05, 0.1) is 23.1 Å². The van der Waals surface area contributed by atoms with Crippen molar-refractivity contribution in [2.45, 2.75) is 49.0 Å². The largest absolute Gasteiger partial charge is 0.373 e. The first kappa shape index (κ1) is 14.0. The van der Waals surface area contributed by atoms with Crippen LogP contribution < -0.4 is 10.0 Å². The van der Waals surface area contributed by atoms with E-state index < -0.39 is 10.0 Å². The summed E-state index contributed by atoms with van der Waals surface area (Å²) in [5, 5.41) is 3.04. The molecule has 0 aliphatic carbocycles. The zero-order chi connectivity index (χ0) is 14.2. The van der Waals surface area contributed by atoms with Gasteiger partial charge in [-0.05, 0) is 44.0 Å². The standard InChI is InChI=1S/C14H20N2O3S/c1-15-9-10-2-5-12(6-3-10)20(17,18)16-13-8-11-4-7-14(13)19-11/h2-3,5-6,11,13-16H,4,7-9H2,1H3. The van der Waals surface area contributed by atoms with Crippen LogP contribution in [0.4, 0.5) is 0 Å². The summed E-state index contributed by atoms with van der Waals surface area (Å²) in [4.78, 5) is 0.320. The summed E-state index contributed by atoms with van der Waals surface area (Å²) in [6.07, 6.45) is 3.10. The van der Waals surface area contributed by atoms with Crippen molar-refractivity contribution in [3.8, 4) is 0 Å². The van der Waals surface area contributed by atoms with Crippen molar-refractivity contribution in [3.63, 3.8) is 0 Å². The van der Waals surface area contributed by atoms with E-state index in [0.29, 0.717) is 4.90 Å². The maximum atomic E-state index is 12.4. The molecule has 2 aliphatic rings. The molecule has 3 atom stereocenters. The van der Waals surface area contributed by atoms with Gasteiger partial charge in [-0.3, -0.25) is 0 Å². The Morgan fingerprint density at radius 1 is 1.25 bits per heavy atom. The summed E-state index contributed by atoms with van der Waals surface area (Å²) in [6.45, 7) is 0.730. The van der Waals surface area contributed by atoms with E-state index in [0.717, 1.165) is 31.4 Å². The van der Waals surface area contributed by atoms with Crippen LogP contribution in [0.3, 0.4) is 0 Å². The van der Waals surface area contributed by atoms with Crippen molar-refractivity contribution < 1.29 is 13.2 Å². The van der Waals surface area contributed by atoms with Crippen LogP contribution in [-0.4, -0.2) is 33.7 Å². The van der Waals surface area contributed by atoms with E-state index in [1.165, 1.54) is 0 Å². The van der Waals surface area contributed by atoms with Gasteiger partial charge in [0.15, 0.2) is 0 Å². The minimum Gasteiger partial charge on any atom is -0.373 e. The van der Waals surface area contributed by atoms with Gasteiger partial charge in [-0.15, -0.1) is 0 Å². The smallest absolute Gasteiger partial charge is 0.240 e. The monoisotopic (exact) mass is 296 g/mol. The number of rotatable bonds is 5. The second-order valence-corrected chi connectivity index (χ2v) is 7.23. The second kappa shape index (κ2) is 5.44.